The van der Waals surface area contributed by atoms with Crippen molar-refractivity contribution < 1.29 is 65.4 Å². The van der Waals surface area contributed by atoms with E-state index in [-0.39, 0.29) is 72.8 Å². The second-order valence-corrected chi connectivity index (χ2v) is 22.5. The van der Waals surface area contributed by atoms with Crippen molar-refractivity contribution >= 4 is 35.1 Å². The van der Waals surface area contributed by atoms with Crippen LogP contribution in [0.5, 0.6) is 17.2 Å². The van der Waals surface area contributed by atoms with Crippen molar-refractivity contribution in [3.63, 3.8) is 0 Å². The first kappa shape index (κ1) is 67.2. The lowest BCUT2D eigenvalue weighted by Crippen LogP contribution is -2.37. The summed E-state index contributed by atoms with van der Waals surface area (Å²) in [7, 11) is 0. The van der Waals surface area contributed by atoms with Crippen LogP contribution in [0.4, 0.5) is 22.0 Å². The first-order valence-corrected chi connectivity index (χ1v) is 28.1. The van der Waals surface area contributed by atoms with E-state index in [0.717, 1.165) is 78.0 Å². The van der Waals surface area contributed by atoms with Gasteiger partial charge >= 0.3 is 5.97 Å². The molecule has 0 saturated heterocycles. The molecule has 0 fully saturated rings. The summed E-state index contributed by atoms with van der Waals surface area (Å²) in [6.45, 7) is 18.6. The zero-order valence-electron chi connectivity index (χ0n) is 47.9. The predicted octanol–water partition coefficient (Wildman–Crippen LogP) is 12.7. The number of aliphatic hydroxyl groups is 2. The summed E-state index contributed by atoms with van der Waals surface area (Å²) in [5.41, 5.74) is 11.7. The molecular formula is C63H73Cl2F5N6O9. The van der Waals surface area contributed by atoms with Crippen LogP contribution >= 0.6 is 23.2 Å². The molecule has 5 aromatic carbocycles. The Balaban J connectivity index is 0.000000210. The lowest BCUT2D eigenvalue weighted by Gasteiger charge is -2.30. The van der Waals surface area contributed by atoms with Gasteiger partial charge in [-0.25, -0.2) is 27.9 Å². The molecule has 2 aromatic heterocycles. The van der Waals surface area contributed by atoms with Crippen LogP contribution in [0.3, 0.4) is 0 Å². The molecule has 9 rings (SSSR count). The number of hydrogen-bond acceptors (Lipinski definition) is 12. The quantitative estimate of drug-likeness (QED) is 0.0209. The van der Waals surface area contributed by atoms with Gasteiger partial charge < -0.3 is 54.1 Å². The molecule has 5 N–H and O–H groups in total. The largest absolute Gasteiger partial charge is 0.489 e. The van der Waals surface area contributed by atoms with Crippen LogP contribution in [-0.4, -0.2) is 91.9 Å². The average Bonchev–Trinajstić information content (AvgIpc) is 2.21. The fourth-order valence-electron chi connectivity index (χ4n) is 9.26. The summed E-state index contributed by atoms with van der Waals surface area (Å²) in [4.78, 5) is 34.4. The van der Waals surface area contributed by atoms with Crippen molar-refractivity contribution in [3.8, 4) is 39.8 Å². The number of fused-ring (bicyclic) bond motifs is 2. The Bertz CT molecular complexity index is 3380. The van der Waals surface area contributed by atoms with Crippen LogP contribution in [0.2, 0.25) is 10.0 Å². The molecule has 15 nitrogen and oxygen atoms in total. The number of ether oxygens (including phenoxy) is 5. The molecule has 22 heteroatoms. The predicted molar refractivity (Wildman–Crippen MR) is 316 cm³/mol. The average molecular weight is 1220 g/mol. The van der Waals surface area contributed by atoms with Gasteiger partial charge in [-0.05, 0) is 129 Å². The normalized spacial score (nSPS) is 14.5. The van der Waals surface area contributed by atoms with Crippen molar-refractivity contribution in [3.05, 3.63) is 170 Å². The minimum absolute atomic E-state index is 0. The molecule has 1 amide bonds. The SMILES string of the molecule is C.CC(C)Oc1ccc(C(=O)NC(CCO)Cc2ccc(-c3cn4c(n3)C(C)(C)OCC4)cc2)cc1Cl.CC(C)Oc1ccc(C(=O)Oc2c(F)c(F)c(F)c(F)c2F)cc1Cl.CC1(C)OCCn2cc(-c3ccc(CC(N)CCO)cc3)nc21. The van der Waals surface area contributed by atoms with Crippen LogP contribution in [0.15, 0.2) is 97.3 Å². The van der Waals surface area contributed by atoms with Crippen LogP contribution < -0.4 is 25.3 Å². The van der Waals surface area contributed by atoms with Gasteiger partial charge in [-0.3, -0.25) is 4.79 Å². The third-order valence-electron chi connectivity index (χ3n) is 13.5. The Kier molecular flexibility index (Phi) is 23.3. The Labute approximate surface area is 502 Å². The minimum Gasteiger partial charge on any atom is -0.489 e. The highest BCUT2D eigenvalue weighted by Gasteiger charge is 2.33. The molecular weight excluding hydrogens is 1150 g/mol. The third-order valence-corrected chi connectivity index (χ3v) is 14.1. The molecule has 2 atom stereocenters. The van der Waals surface area contributed by atoms with Gasteiger partial charge in [0.05, 0.1) is 52.4 Å². The summed E-state index contributed by atoms with van der Waals surface area (Å²) < 4.78 is 97.5. The van der Waals surface area contributed by atoms with E-state index in [1.807, 2.05) is 52.0 Å². The number of carbonyl (C=O) groups excluding carboxylic acids is 2. The Morgan fingerprint density at radius 2 is 1.07 bits per heavy atom. The molecule has 0 spiro atoms. The topological polar surface area (TPSA) is 194 Å². The van der Waals surface area contributed by atoms with Gasteiger partial charge in [0.2, 0.25) is 34.8 Å². The van der Waals surface area contributed by atoms with Gasteiger partial charge in [0.15, 0.2) is 0 Å². The fourth-order valence-corrected chi connectivity index (χ4v) is 9.71. The van der Waals surface area contributed by atoms with Gasteiger partial charge in [-0.15, -0.1) is 0 Å². The van der Waals surface area contributed by atoms with Crippen LogP contribution in [-0.2, 0) is 46.6 Å². The van der Waals surface area contributed by atoms with Gasteiger partial charge in [-0.2, -0.15) is 8.78 Å². The maximum absolute atomic E-state index is 13.5. The second kappa shape index (κ2) is 29.5. The summed E-state index contributed by atoms with van der Waals surface area (Å²) in [5.74, 6) is -11.9. The van der Waals surface area contributed by atoms with Crippen molar-refractivity contribution in [2.45, 2.75) is 137 Å². The molecule has 0 bridgehead atoms. The lowest BCUT2D eigenvalue weighted by molar-refractivity contribution is -0.0541. The molecule has 2 aliphatic heterocycles. The summed E-state index contributed by atoms with van der Waals surface area (Å²) >= 11 is 12.2. The fraction of sp³-hybridized carbons (Fsp3) is 0.397. The van der Waals surface area contributed by atoms with Gasteiger partial charge in [-0.1, -0.05) is 79.2 Å². The Hall–Kier alpha value is -6.91. The number of nitrogens with zero attached hydrogens (tertiary/aromatic N) is 4. The number of aliphatic hydroxyl groups excluding tert-OH is 2. The number of imidazole rings is 2. The van der Waals surface area contributed by atoms with Gasteiger partial charge in [0.25, 0.3) is 5.91 Å². The lowest BCUT2D eigenvalue weighted by atomic mass is 10.0. The Morgan fingerprint density at radius 1 is 0.647 bits per heavy atom. The summed E-state index contributed by atoms with van der Waals surface area (Å²) in [6, 6.07) is 24.9. The van der Waals surface area contributed by atoms with E-state index in [1.54, 1.807) is 32.0 Å². The summed E-state index contributed by atoms with van der Waals surface area (Å²) in [5, 5.41) is 21.9. The maximum atomic E-state index is 13.5. The molecule has 85 heavy (non-hydrogen) atoms. The molecule has 0 radical (unpaired) electrons. The Morgan fingerprint density at radius 3 is 1.49 bits per heavy atom. The van der Waals surface area contributed by atoms with E-state index < -0.39 is 46.4 Å². The van der Waals surface area contributed by atoms with Crippen LogP contribution in [0, 0.1) is 29.1 Å². The zero-order chi connectivity index (χ0) is 61.2. The van der Waals surface area contributed by atoms with Crippen LogP contribution in [0.1, 0.15) is 119 Å². The van der Waals surface area contributed by atoms with Crippen LogP contribution in [0.25, 0.3) is 22.5 Å². The number of benzene rings is 5. The van der Waals surface area contributed by atoms with E-state index in [4.69, 9.17) is 63.0 Å². The molecule has 7 aromatic rings. The second-order valence-electron chi connectivity index (χ2n) is 21.7. The number of nitrogens with one attached hydrogen (secondary N) is 1. The molecule has 0 aliphatic carbocycles. The van der Waals surface area contributed by atoms with Gasteiger partial charge in [0, 0.05) is 67.5 Å². The molecule has 458 valence electrons. The standard InChI is InChI=1S/C28H34ClN3O4.C18H25N3O2.C16H10ClF5O3.CH4/c1-18(2)36-25-10-9-21(16-23(25)29)26(34)30-22(11-13-33)15-19-5-7-20(8-6-19)24-17-32-12-14-35-28(3,4)27(32)31-24;1-18(2)17-20-16(12-21(17)8-10-23-18)14-5-3-13(4-6-14)11-15(19)7-9-22;1-6(2)24-9-4-3-7(5-8(9)17)16(23)25-15-13(21)11(19)10(18)12(20)14(15)22;/h5-10,16-18,22,33H,11-15H2,1-4H3,(H,30,34);3-6,12,15,22H,7-11,19H2,1-2H3;3-6H,1-2H3;1H4. The van der Waals surface area contributed by atoms with E-state index in [9.17, 15) is 36.6 Å². The first-order chi connectivity index (χ1) is 39.8. The molecule has 4 heterocycles. The van der Waals surface area contributed by atoms with E-state index in [2.05, 4.69) is 69.7 Å². The number of esters is 1. The number of aromatic nitrogens is 4. The zero-order valence-corrected chi connectivity index (χ0v) is 49.4. The van der Waals surface area contributed by atoms with E-state index in [1.165, 1.54) is 11.6 Å². The van der Waals surface area contributed by atoms with Crippen molar-refractivity contribution in [2.75, 3.05) is 26.4 Å². The molecule has 2 aliphatic rings. The minimum atomic E-state index is -2.35. The number of halogens is 7. The number of hydrogen-bond donors (Lipinski definition) is 4. The number of nitrogens with two attached hydrogens (primary N) is 1. The molecule has 0 saturated carbocycles. The number of amides is 1. The highest BCUT2D eigenvalue weighted by Crippen LogP contribution is 2.35. The van der Waals surface area contributed by atoms with Crippen molar-refractivity contribution in [1.29, 1.82) is 0 Å². The van der Waals surface area contributed by atoms with E-state index >= 15 is 0 Å². The van der Waals surface area contributed by atoms with E-state index in [0.29, 0.717) is 42.2 Å². The molecule has 2 unspecified atom stereocenters. The number of rotatable bonds is 18. The maximum Gasteiger partial charge on any atom is 0.343 e. The summed E-state index contributed by atoms with van der Waals surface area (Å²) in [6.07, 6.45) is 6.41. The van der Waals surface area contributed by atoms with Crippen molar-refractivity contribution in [1.82, 2.24) is 24.4 Å². The van der Waals surface area contributed by atoms with Gasteiger partial charge in [0.1, 0.15) is 34.3 Å². The van der Waals surface area contributed by atoms with Crippen molar-refractivity contribution in [2.24, 2.45) is 5.73 Å². The third kappa shape index (κ3) is 17.2. The highest BCUT2D eigenvalue weighted by atomic mass is 35.5. The monoisotopic (exact) mass is 1220 g/mol. The highest BCUT2D eigenvalue weighted by molar-refractivity contribution is 6.32. The number of carbonyl (C=O) groups is 2. The first-order valence-electron chi connectivity index (χ1n) is 27.3. The smallest absolute Gasteiger partial charge is 0.343 e.